The molecule has 0 fully saturated rings. The van der Waals surface area contributed by atoms with Crippen molar-refractivity contribution in [2.45, 2.75) is 45.7 Å². The van der Waals surface area contributed by atoms with E-state index in [-0.39, 0.29) is 5.91 Å². The minimum Gasteiger partial charge on any atom is -0.467 e. The third-order valence-electron chi connectivity index (χ3n) is 5.22. The molecule has 1 atom stereocenters. The van der Waals surface area contributed by atoms with Gasteiger partial charge in [-0.2, -0.15) is 0 Å². The molecule has 3 rings (SSSR count). The molecular formula is C23H27N5O3. The maximum Gasteiger partial charge on any atom is 0.328 e. The van der Waals surface area contributed by atoms with Gasteiger partial charge in [0.1, 0.15) is 6.04 Å². The molecule has 31 heavy (non-hydrogen) atoms. The van der Waals surface area contributed by atoms with Gasteiger partial charge >= 0.3 is 5.97 Å². The Morgan fingerprint density at radius 3 is 2.42 bits per heavy atom. The highest BCUT2D eigenvalue weighted by Gasteiger charge is 2.26. The molecule has 0 bridgehead atoms. The average Bonchev–Trinajstić information content (AvgIpc) is 3.35. The number of hydrogen-bond donors (Lipinski definition) is 1. The van der Waals surface area contributed by atoms with Gasteiger partial charge in [-0.25, -0.2) is 9.89 Å². The molecule has 0 saturated heterocycles. The second-order valence-corrected chi connectivity index (χ2v) is 7.32. The van der Waals surface area contributed by atoms with Crippen molar-refractivity contribution in [3.05, 3.63) is 54.1 Å². The first-order chi connectivity index (χ1) is 15.0. The van der Waals surface area contributed by atoms with Crippen LogP contribution in [0.5, 0.6) is 0 Å². The van der Waals surface area contributed by atoms with E-state index in [1.165, 1.54) is 7.11 Å². The van der Waals surface area contributed by atoms with Gasteiger partial charge in [-0.3, -0.25) is 4.79 Å². The van der Waals surface area contributed by atoms with E-state index >= 15 is 0 Å². The fraction of sp³-hybridized carbons (Fsp3) is 0.348. The number of ether oxygens (including phenoxy) is 1. The van der Waals surface area contributed by atoms with Crippen LogP contribution in [0.25, 0.3) is 22.5 Å². The molecule has 3 aromatic rings. The van der Waals surface area contributed by atoms with Gasteiger partial charge in [0.25, 0.3) is 0 Å². The maximum absolute atomic E-state index is 12.7. The Morgan fingerprint density at radius 2 is 1.81 bits per heavy atom. The molecule has 0 spiro atoms. The number of benzene rings is 2. The van der Waals surface area contributed by atoms with Gasteiger partial charge in [-0.05, 0) is 40.5 Å². The summed E-state index contributed by atoms with van der Waals surface area (Å²) in [6.45, 7) is 4.07. The molecule has 0 saturated carbocycles. The molecule has 1 aromatic heterocycles. The SMILES string of the molecule is CCCCC(=O)N(Cc1ccc(-c2ccccc2-c2nnn[nH]2)cc1)[C@@H](C)C(=O)OC. The van der Waals surface area contributed by atoms with Gasteiger partial charge < -0.3 is 9.64 Å². The lowest BCUT2D eigenvalue weighted by molar-refractivity contribution is -0.152. The Labute approximate surface area is 181 Å². The van der Waals surface area contributed by atoms with E-state index in [1.807, 2.05) is 55.5 Å². The highest BCUT2D eigenvalue weighted by Crippen LogP contribution is 2.30. The summed E-state index contributed by atoms with van der Waals surface area (Å²) in [5.74, 6) is 0.127. The lowest BCUT2D eigenvalue weighted by Gasteiger charge is -2.28. The Kier molecular flexibility index (Phi) is 7.48. The lowest BCUT2D eigenvalue weighted by atomic mass is 9.98. The summed E-state index contributed by atoms with van der Waals surface area (Å²) in [7, 11) is 1.34. The van der Waals surface area contributed by atoms with Crippen LogP contribution in [-0.4, -0.2) is 50.6 Å². The molecule has 8 nitrogen and oxygen atoms in total. The zero-order chi connectivity index (χ0) is 22.2. The monoisotopic (exact) mass is 421 g/mol. The molecule has 0 radical (unpaired) electrons. The van der Waals surface area contributed by atoms with Crippen molar-refractivity contribution < 1.29 is 14.3 Å². The molecule has 0 aliphatic rings. The van der Waals surface area contributed by atoms with Gasteiger partial charge in [0, 0.05) is 18.5 Å². The van der Waals surface area contributed by atoms with E-state index in [4.69, 9.17) is 4.74 Å². The molecule has 0 aliphatic heterocycles. The third kappa shape index (κ3) is 5.33. The molecule has 1 heterocycles. The molecule has 162 valence electrons. The van der Waals surface area contributed by atoms with E-state index < -0.39 is 12.0 Å². The van der Waals surface area contributed by atoms with Crippen molar-refractivity contribution in [3.8, 4) is 22.5 Å². The fourth-order valence-electron chi connectivity index (χ4n) is 3.41. The molecule has 0 aliphatic carbocycles. The van der Waals surface area contributed by atoms with Gasteiger partial charge in [-0.15, -0.1) is 5.10 Å². The quantitative estimate of drug-likeness (QED) is 0.530. The number of hydrogen-bond acceptors (Lipinski definition) is 6. The number of tetrazole rings is 1. The summed E-state index contributed by atoms with van der Waals surface area (Å²) in [6.07, 6.45) is 2.12. The third-order valence-corrected chi connectivity index (χ3v) is 5.22. The van der Waals surface area contributed by atoms with Crippen LogP contribution in [-0.2, 0) is 20.9 Å². The van der Waals surface area contributed by atoms with Crippen molar-refractivity contribution in [2.75, 3.05) is 7.11 Å². The van der Waals surface area contributed by atoms with Crippen LogP contribution in [0.3, 0.4) is 0 Å². The number of methoxy groups -OCH3 is 1. The second-order valence-electron chi connectivity index (χ2n) is 7.32. The van der Waals surface area contributed by atoms with Gasteiger partial charge in [0.05, 0.1) is 7.11 Å². The van der Waals surface area contributed by atoms with E-state index in [0.717, 1.165) is 35.1 Å². The highest BCUT2D eigenvalue weighted by molar-refractivity contribution is 5.84. The number of carbonyl (C=O) groups is 2. The van der Waals surface area contributed by atoms with Gasteiger partial charge in [0.2, 0.25) is 5.91 Å². The van der Waals surface area contributed by atoms with Crippen molar-refractivity contribution in [2.24, 2.45) is 0 Å². The summed E-state index contributed by atoms with van der Waals surface area (Å²) >= 11 is 0. The van der Waals surface area contributed by atoms with Crippen LogP contribution in [0.2, 0.25) is 0 Å². The number of unbranched alkanes of at least 4 members (excludes halogenated alkanes) is 1. The predicted octanol–water partition coefficient (Wildman–Crippen LogP) is 3.61. The first kappa shape index (κ1) is 22.1. The second kappa shape index (κ2) is 10.5. The highest BCUT2D eigenvalue weighted by atomic mass is 16.5. The van der Waals surface area contributed by atoms with Crippen molar-refractivity contribution >= 4 is 11.9 Å². The maximum atomic E-state index is 12.7. The van der Waals surface area contributed by atoms with Crippen LogP contribution < -0.4 is 0 Å². The zero-order valence-corrected chi connectivity index (χ0v) is 18.0. The summed E-state index contributed by atoms with van der Waals surface area (Å²) in [6, 6.07) is 15.1. The van der Waals surface area contributed by atoms with E-state index in [0.29, 0.717) is 18.8 Å². The van der Waals surface area contributed by atoms with Crippen molar-refractivity contribution in [3.63, 3.8) is 0 Å². The lowest BCUT2D eigenvalue weighted by Crippen LogP contribution is -2.43. The standard InChI is InChI=1S/C23H27N5O3/c1-4-5-10-21(29)28(16(2)23(30)31-3)15-17-11-13-18(14-12-17)19-8-6-7-9-20(19)22-24-26-27-25-22/h6-9,11-14,16H,4-5,10,15H2,1-3H3,(H,24,25,26,27)/t16-/m0/s1. The summed E-state index contributed by atoms with van der Waals surface area (Å²) < 4.78 is 4.86. The molecule has 8 heteroatoms. The minimum atomic E-state index is -0.645. The number of aromatic nitrogens is 4. The summed E-state index contributed by atoms with van der Waals surface area (Å²) in [5, 5.41) is 14.1. The number of carbonyl (C=O) groups excluding carboxylic acids is 2. The minimum absolute atomic E-state index is 0.0491. The summed E-state index contributed by atoms with van der Waals surface area (Å²) in [5.41, 5.74) is 3.83. The first-order valence-corrected chi connectivity index (χ1v) is 10.3. The summed E-state index contributed by atoms with van der Waals surface area (Å²) in [4.78, 5) is 26.4. The molecule has 1 amide bonds. The van der Waals surface area contributed by atoms with Crippen molar-refractivity contribution in [1.82, 2.24) is 25.5 Å². The van der Waals surface area contributed by atoms with E-state index in [1.54, 1.807) is 11.8 Å². The normalized spacial score (nSPS) is 11.7. The molecule has 2 aromatic carbocycles. The van der Waals surface area contributed by atoms with Gasteiger partial charge in [-0.1, -0.05) is 61.9 Å². The fourth-order valence-corrected chi connectivity index (χ4v) is 3.41. The molecule has 0 unspecified atom stereocenters. The Hall–Kier alpha value is -3.55. The predicted molar refractivity (Wildman–Crippen MR) is 117 cm³/mol. The van der Waals surface area contributed by atoms with Crippen LogP contribution in [0, 0.1) is 0 Å². The largest absolute Gasteiger partial charge is 0.467 e. The average molecular weight is 422 g/mol. The van der Waals surface area contributed by atoms with Crippen LogP contribution >= 0.6 is 0 Å². The Balaban J connectivity index is 1.83. The Bertz CT molecular complexity index is 1000. The number of rotatable bonds is 9. The first-order valence-electron chi connectivity index (χ1n) is 10.3. The van der Waals surface area contributed by atoms with E-state index in [9.17, 15) is 9.59 Å². The topological polar surface area (TPSA) is 101 Å². The van der Waals surface area contributed by atoms with Crippen LogP contribution in [0.1, 0.15) is 38.7 Å². The molecular weight excluding hydrogens is 394 g/mol. The zero-order valence-electron chi connectivity index (χ0n) is 18.0. The Morgan fingerprint density at radius 1 is 1.10 bits per heavy atom. The van der Waals surface area contributed by atoms with Crippen molar-refractivity contribution in [1.29, 1.82) is 0 Å². The van der Waals surface area contributed by atoms with E-state index in [2.05, 4.69) is 20.6 Å². The number of nitrogens with one attached hydrogen (secondary N) is 1. The number of nitrogens with zero attached hydrogens (tertiary/aromatic N) is 4. The number of H-pyrrole nitrogens is 1. The molecule has 1 N–H and O–H groups in total. The van der Waals surface area contributed by atoms with Crippen LogP contribution in [0.4, 0.5) is 0 Å². The number of aromatic amines is 1. The smallest absolute Gasteiger partial charge is 0.328 e. The number of esters is 1. The van der Waals surface area contributed by atoms with Crippen LogP contribution in [0.15, 0.2) is 48.5 Å². The van der Waals surface area contributed by atoms with Gasteiger partial charge in [0.15, 0.2) is 5.82 Å². The number of amides is 1.